The summed E-state index contributed by atoms with van der Waals surface area (Å²) in [6.07, 6.45) is 0.796. The molecule has 2 heterocycles. The molecule has 2 nitrogen and oxygen atoms in total. The molecule has 2 heteroatoms. The van der Waals surface area contributed by atoms with Crippen molar-refractivity contribution in [2.75, 3.05) is 4.90 Å². The van der Waals surface area contributed by atoms with Crippen molar-refractivity contribution >= 4 is 11.4 Å². The molecule has 0 fully saturated rings. The van der Waals surface area contributed by atoms with Gasteiger partial charge in [0.15, 0.2) is 0 Å². The molecular formula is C21H17NO. The number of hydrogen-bond donors (Lipinski definition) is 1. The van der Waals surface area contributed by atoms with Gasteiger partial charge >= 0.3 is 0 Å². The van der Waals surface area contributed by atoms with Crippen molar-refractivity contribution in [2.45, 2.75) is 19.9 Å². The fourth-order valence-electron chi connectivity index (χ4n) is 4.01. The van der Waals surface area contributed by atoms with Gasteiger partial charge in [-0.2, -0.15) is 0 Å². The van der Waals surface area contributed by atoms with Gasteiger partial charge in [-0.3, -0.25) is 0 Å². The number of aryl methyl sites for hydroxylation is 1. The van der Waals surface area contributed by atoms with E-state index >= 15 is 0 Å². The molecule has 0 saturated heterocycles. The lowest BCUT2D eigenvalue weighted by Gasteiger charge is -2.39. The highest BCUT2D eigenvalue weighted by molar-refractivity contribution is 5.92. The Morgan fingerprint density at radius 1 is 0.913 bits per heavy atom. The first kappa shape index (κ1) is 12.8. The molecule has 23 heavy (non-hydrogen) atoms. The maximum atomic E-state index is 10.4. The highest BCUT2D eigenvalue weighted by Crippen LogP contribution is 2.51. The minimum Gasteiger partial charge on any atom is -0.508 e. The number of aromatic hydroxyl groups is 1. The summed E-state index contributed by atoms with van der Waals surface area (Å²) in [5, 5.41) is 10.4. The summed E-state index contributed by atoms with van der Waals surface area (Å²) in [4.78, 5) is 2.37. The first-order chi connectivity index (χ1) is 11.2. The number of phenols is 1. The van der Waals surface area contributed by atoms with Gasteiger partial charge in [-0.1, -0.05) is 42.0 Å². The second-order valence-corrected chi connectivity index (χ2v) is 6.51. The van der Waals surface area contributed by atoms with Crippen molar-refractivity contribution in [1.29, 1.82) is 0 Å². The highest BCUT2D eigenvalue weighted by atomic mass is 16.3. The van der Waals surface area contributed by atoms with E-state index in [9.17, 15) is 5.11 Å². The molecule has 0 radical (unpaired) electrons. The Labute approximate surface area is 135 Å². The Morgan fingerprint density at radius 3 is 2.70 bits per heavy atom. The van der Waals surface area contributed by atoms with Crippen LogP contribution in [0.2, 0.25) is 0 Å². The summed E-state index contributed by atoms with van der Waals surface area (Å²) < 4.78 is 0. The zero-order chi connectivity index (χ0) is 15.6. The van der Waals surface area contributed by atoms with Crippen LogP contribution < -0.4 is 4.90 Å². The fraction of sp³-hybridized carbons (Fsp3) is 0.143. The average Bonchev–Trinajstić information content (AvgIpc) is 2.57. The number of benzene rings is 3. The third kappa shape index (κ3) is 1.69. The first-order valence-electron chi connectivity index (χ1n) is 8.02. The second kappa shape index (κ2) is 4.39. The molecule has 112 valence electrons. The SMILES string of the molecule is Cc1ccc2c(c1)Cc1c(O)ccc3c1N2Cc1ccccc1-3. The Bertz CT molecular complexity index is 958. The number of phenolic OH excluding ortho intramolecular Hbond substituents is 1. The van der Waals surface area contributed by atoms with Crippen LogP contribution in [0, 0.1) is 6.92 Å². The quantitative estimate of drug-likeness (QED) is 0.636. The Kier molecular flexibility index (Phi) is 2.44. The molecule has 0 spiro atoms. The van der Waals surface area contributed by atoms with Crippen molar-refractivity contribution < 1.29 is 5.11 Å². The number of nitrogens with zero attached hydrogens (tertiary/aromatic N) is 1. The Hall–Kier alpha value is -2.74. The Morgan fingerprint density at radius 2 is 1.78 bits per heavy atom. The van der Waals surface area contributed by atoms with E-state index in [1.165, 1.54) is 39.2 Å². The van der Waals surface area contributed by atoms with Crippen LogP contribution in [-0.2, 0) is 13.0 Å². The van der Waals surface area contributed by atoms with E-state index in [4.69, 9.17) is 0 Å². The number of anilines is 2. The van der Waals surface area contributed by atoms with Crippen molar-refractivity contribution in [3.05, 3.63) is 76.9 Å². The molecule has 0 unspecified atom stereocenters. The lowest BCUT2D eigenvalue weighted by Crippen LogP contribution is -2.27. The number of fused-ring (bicyclic) bond motifs is 4. The monoisotopic (exact) mass is 299 g/mol. The fourth-order valence-corrected chi connectivity index (χ4v) is 4.01. The number of rotatable bonds is 0. The third-order valence-corrected chi connectivity index (χ3v) is 5.06. The van der Waals surface area contributed by atoms with E-state index in [2.05, 4.69) is 60.4 Å². The molecule has 5 rings (SSSR count). The minimum atomic E-state index is 0.403. The predicted molar refractivity (Wildman–Crippen MR) is 93.4 cm³/mol. The number of hydrogen-bond acceptors (Lipinski definition) is 2. The lowest BCUT2D eigenvalue weighted by molar-refractivity contribution is 0.469. The largest absolute Gasteiger partial charge is 0.508 e. The minimum absolute atomic E-state index is 0.403. The summed E-state index contributed by atoms with van der Waals surface area (Å²) in [6, 6.07) is 19.1. The zero-order valence-electron chi connectivity index (χ0n) is 13.0. The highest BCUT2D eigenvalue weighted by Gasteiger charge is 2.31. The van der Waals surface area contributed by atoms with Crippen LogP contribution in [-0.4, -0.2) is 5.11 Å². The maximum Gasteiger partial charge on any atom is 0.121 e. The topological polar surface area (TPSA) is 23.5 Å². The third-order valence-electron chi connectivity index (χ3n) is 5.06. The molecule has 1 N–H and O–H groups in total. The zero-order valence-corrected chi connectivity index (χ0v) is 13.0. The molecule has 0 aliphatic carbocycles. The van der Waals surface area contributed by atoms with Gasteiger partial charge in [0, 0.05) is 29.8 Å². The maximum absolute atomic E-state index is 10.4. The van der Waals surface area contributed by atoms with Crippen molar-refractivity contribution in [3.63, 3.8) is 0 Å². The van der Waals surface area contributed by atoms with Gasteiger partial charge in [-0.25, -0.2) is 0 Å². The van der Waals surface area contributed by atoms with Gasteiger partial charge < -0.3 is 10.0 Å². The summed E-state index contributed by atoms with van der Waals surface area (Å²) in [5.41, 5.74) is 9.91. The molecule has 0 saturated carbocycles. The summed E-state index contributed by atoms with van der Waals surface area (Å²) in [5.74, 6) is 0.403. The van der Waals surface area contributed by atoms with E-state index < -0.39 is 0 Å². The molecule has 2 aliphatic rings. The lowest BCUT2D eigenvalue weighted by atomic mass is 9.85. The van der Waals surface area contributed by atoms with Gasteiger partial charge in [-0.15, -0.1) is 0 Å². The van der Waals surface area contributed by atoms with Crippen LogP contribution in [0.5, 0.6) is 5.75 Å². The standard InChI is InChI=1S/C21H17NO/c1-13-6-8-19-15(10-13)11-18-20(23)9-7-17-16-5-3-2-4-14(16)12-22(19)21(17)18/h2-10,23H,11-12H2,1H3. The molecular weight excluding hydrogens is 282 g/mol. The smallest absolute Gasteiger partial charge is 0.121 e. The van der Waals surface area contributed by atoms with Crippen LogP contribution in [0.1, 0.15) is 22.3 Å². The summed E-state index contributed by atoms with van der Waals surface area (Å²) in [7, 11) is 0. The van der Waals surface area contributed by atoms with Crippen molar-refractivity contribution in [1.82, 2.24) is 0 Å². The van der Waals surface area contributed by atoms with Crippen LogP contribution in [0.25, 0.3) is 11.1 Å². The van der Waals surface area contributed by atoms with E-state index in [1.807, 2.05) is 6.07 Å². The average molecular weight is 299 g/mol. The molecule has 0 bridgehead atoms. The van der Waals surface area contributed by atoms with Crippen molar-refractivity contribution in [2.24, 2.45) is 0 Å². The van der Waals surface area contributed by atoms with E-state index in [-0.39, 0.29) is 0 Å². The molecule has 2 aliphatic heterocycles. The van der Waals surface area contributed by atoms with Crippen LogP contribution in [0.15, 0.2) is 54.6 Å². The van der Waals surface area contributed by atoms with Gasteiger partial charge in [0.05, 0.1) is 5.69 Å². The van der Waals surface area contributed by atoms with Crippen molar-refractivity contribution in [3.8, 4) is 16.9 Å². The molecule has 0 amide bonds. The normalized spacial score (nSPS) is 14.0. The van der Waals surface area contributed by atoms with Crippen LogP contribution in [0.4, 0.5) is 11.4 Å². The van der Waals surface area contributed by atoms with Gasteiger partial charge in [0.25, 0.3) is 0 Å². The molecule has 0 aromatic heterocycles. The van der Waals surface area contributed by atoms with Crippen LogP contribution >= 0.6 is 0 Å². The van der Waals surface area contributed by atoms with E-state index in [0.29, 0.717) is 5.75 Å². The molecule has 3 aromatic rings. The predicted octanol–water partition coefficient (Wildman–Crippen LogP) is 4.92. The van der Waals surface area contributed by atoms with Gasteiger partial charge in [-0.05, 0) is 41.8 Å². The molecule has 0 atom stereocenters. The van der Waals surface area contributed by atoms with E-state index in [0.717, 1.165) is 18.5 Å². The van der Waals surface area contributed by atoms with E-state index in [1.54, 1.807) is 0 Å². The van der Waals surface area contributed by atoms with Gasteiger partial charge in [0.1, 0.15) is 5.75 Å². The summed E-state index contributed by atoms with van der Waals surface area (Å²) in [6.45, 7) is 2.98. The molecule has 3 aromatic carbocycles. The van der Waals surface area contributed by atoms with Crippen LogP contribution in [0.3, 0.4) is 0 Å². The first-order valence-corrected chi connectivity index (χ1v) is 8.02. The Balaban J connectivity index is 1.84. The van der Waals surface area contributed by atoms with Gasteiger partial charge in [0.2, 0.25) is 0 Å². The second-order valence-electron chi connectivity index (χ2n) is 6.51. The summed E-state index contributed by atoms with van der Waals surface area (Å²) >= 11 is 0.